The lowest BCUT2D eigenvalue weighted by atomic mass is 10.2. The fourth-order valence-corrected chi connectivity index (χ4v) is 2.34. The number of thioether (sulfide) groups is 1. The molecule has 1 heterocycles. The maximum absolute atomic E-state index is 5.65. The Morgan fingerprint density at radius 2 is 2.27 bits per heavy atom. The first-order chi connectivity index (χ1) is 7.31. The van der Waals surface area contributed by atoms with Gasteiger partial charge in [0, 0.05) is 5.75 Å². The van der Waals surface area contributed by atoms with Gasteiger partial charge in [0.1, 0.15) is 5.52 Å². The second-order valence-corrected chi connectivity index (χ2v) is 4.65. The van der Waals surface area contributed by atoms with E-state index in [1.54, 1.807) is 11.8 Å². The van der Waals surface area contributed by atoms with Gasteiger partial charge < -0.3 is 4.42 Å². The van der Waals surface area contributed by atoms with E-state index in [1.807, 2.05) is 12.1 Å². The highest BCUT2D eigenvalue weighted by atomic mass is 32.2. The van der Waals surface area contributed by atoms with Crippen LogP contribution in [0.25, 0.3) is 11.1 Å². The molecule has 0 saturated carbocycles. The quantitative estimate of drug-likeness (QED) is 0.576. The van der Waals surface area contributed by atoms with Gasteiger partial charge in [0.2, 0.25) is 0 Å². The summed E-state index contributed by atoms with van der Waals surface area (Å²) in [5.74, 6) is 1.09. The minimum absolute atomic E-state index is 0.799. The molecule has 3 heteroatoms. The standard InChI is InChI=1S/C12H15NOS/c1-3-4-8-15-12-13-11-9(2)6-5-7-10(11)14-12/h5-7H,3-4,8H2,1-2H3. The smallest absolute Gasteiger partial charge is 0.256 e. The van der Waals surface area contributed by atoms with Crippen LogP contribution >= 0.6 is 11.8 Å². The molecule has 80 valence electrons. The number of oxazole rings is 1. The molecule has 0 aliphatic rings. The summed E-state index contributed by atoms with van der Waals surface area (Å²) in [6, 6.07) is 6.04. The highest BCUT2D eigenvalue weighted by molar-refractivity contribution is 7.99. The Morgan fingerprint density at radius 1 is 1.40 bits per heavy atom. The SMILES string of the molecule is CCCCSc1nc2c(C)cccc2o1. The van der Waals surface area contributed by atoms with E-state index in [0.717, 1.165) is 22.1 Å². The number of benzene rings is 1. The summed E-state index contributed by atoms with van der Waals surface area (Å²) in [6.07, 6.45) is 2.43. The minimum Gasteiger partial charge on any atom is -0.431 e. The van der Waals surface area contributed by atoms with Crippen molar-refractivity contribution in [1.29, 1.82) is 0 Å². The van der Waals surface area contributed by atoms with Crippen molar-refractivity contribution in [3.8, 4) is 0 Å². The Bertz CT molecular complexity index is 450. The lowest BCUT2D eigenvalue weighted by Crippen LogP contribution is -1.78. The Balaban J connectivity index is 2.20. The molecule has 15 heavy (non-hydrogen) atoms. The van der Waals surface area contributed by atoms with Gasteiger partial charge in [0.25, 0.3) is 5.22 Å². The molecule has 2 nitrogen and oxygen atoms in total. The molecular formula is C12H15NOS. The molecule has 2 aromatic rings. The van der Waals surface area contributed by atoms with Crippen LogP contribution < -0.4 is 0 Å². The van der Waals surface area contributed by atoms with Gasteiger partial charge in [-0.25, -0.2) is 4.98 Å². The number of para-hydroxylation sites is 1. The topological polar surface area (TPSA) is 26.0 Å². The average molecular weight is 221 g/mol. The third kappa shape index (κ3) is 2.34. The summed E-state index contributed by atoms with van der Waals surface area (Å²) < 4.78 is 5.65. The zero-order chi connectivity index (χ0) is 10.7. The van der Waals surface area contributed by atoms with Crippen molar-refractivity contribution in [2.24, 2.45) is 0 Å². The summed E-state index contributed by atoms with van der Waals surface area (Å²) in [6.45, 7) is 4.25. The first kappa shape index (κ1) is 10.6. The molecule has 0 spiro atoms. The number of nitrogens with zero attached hydrogens (tertiary/aromatic N) is 1. The van der Waals surface area contributed by atoms with Gasteiger partial charge in [-0.15, -0.1) is 0 Å². The summed E-state index contributed by atoms with van der Waals surface area (Å²) in [5.41, 5.74) is 3.07. The number of fused-ring (bicyclic) bond motifs is 1. The predicted molar refractivity (Wildman–Crippen MR) is 64.4 cm³/mol. The average Bonchev–Trinajstić information content (AvgIpc) is 2.63. The van der Waals surface area contributed by atoms with Gasteiger partial charge in [0.15, 0.2) is 5.58 Å². The van der Waals surface area contributed by atoms with Gasteiger partial charge >= 0.3 is 0 Å². The molecule has 0 aliphatic heterocycles. The van der Waals surface area contributed by atoms with Crippen LogP contribution in [0.1, 0.15) is 25.3 Å². The van der Waals surface area contributed by atoms with Crippen LogP contribution in [0.4, 0.5) is 0 Å². The van der Waals surface area contributed by atoms with Crippen molar-refractivity contribution >= 4 is 22.9 Å². The summed E-state index contributed by atoms with van der Waals surface area (Å²) in [7, 11) is 0. The lowest BCUT2D eigenvalue weighted by Gasteiger charge is -1.91. The number of hydrogen-bond acceptors (Lipinski definition) is 3. The number of hydrogen-bond donors (Lipinski definition) is 0. The van der Waals surface area contributed by atoms with Crippen LogP contribution in [0.5, 0.6) is 0 Å². The Hall–Kier alpha value is -0.960. The highest BCUT2D eigenvalue weighted by Gasteiger charge is 2.07. The van der Waals surface area contributed by atoms with E-state index < -0.39 is 0 Å². The van der Waals surface area contributed by atoms with Crippen molar-refractivity contribution in [2.45, 2.75) is 31.9 Å². The second-order valence-electron chi connectivity index (χ2n) is 3.60. The maximum Gasteiger partial charge on any atom is 0.256 e. The van der Waals surface area contributed by atoms with E-state index >= 15 is 0 Å². The van der Waals surface area contributed by atoms with Crippen LogP contribution in [0.3, 0.4) is 0 Å². The monoisotopic (exact) mass is 221 g/mol. The molecule has 0 fully saturated rings. The molecule has 0 atom stereocenters. The van der Waals surface area contributed by atoms with Crippen molar-refractivity contribution in [3.63, 3.8) is 0 Å². The van der Waals surface area contributed by atoms with Gasteiger partial charge in [0.05, 0.1) is 0 Å². The molecule has 0 bridgehead atoms. The van der Waals surface area contributed by atoms with E-state index in [-0.39, 0.29) is 0 Å². The molecular weight excluding hydrogens is 206 g/mol. The van der Waals surface area contributed by atoms with Crippen molar-refractivity contribution < 1.29 is 4.42 Å². The first-order valence-corrected chi connectivity index (χ1v) is 6.28. The van der Waals surface area contributed by atoms with Gasteiger partial charge in [-0.2, -0.15) is 0 Å². The summed E-state index contributed by atoms with van der Waals surface area (Å²) >= 11 is 1.70. The molecule has 0 radical (unpaired) electrons. The van der Waals surface area contributed by atoms with E-state index in [4.69, 9.17) is 4.42 Å². The van der Waals surface area contributed by atoms with Crippen LogP contribution in [0, 0.1) is 6.92 Å². The summed E-state index contributed by atoms with van der Waals surface area (Å²) in [5, 5.41) is 0.799. The Morgan fingerprint density at radius 3 is 3.00 bits per heavy atom. The fourth-order valence-electron chi connectivity index (χ4n) is 1.43. The van der Waals surface area contributed by atoms with E-state index in [0.29, 0.717) is 0 Å². The van der Waals surface area contributed by atoms with Crippen LogP contribution in [0.2, 0.25) is 0 Å². The molecule has 0 N–H and O–H groups in total. The Labute approximate surface area is 94.1 Å². The van der Waals surface area contributed by atoms with Crippen molar-refractivity contribution in [2.75, 3.05) is 5.75 Å². The van der Waals surface area contributed by atoms with Gasteiger partial charge in [-0.3, -0.25) is 0 Å². The minimum atomic E-state index is 0.799. The van der Waals surface area contributed by atoms with Crippen molar-refractivity contribution in [3.05, 3.63) is 23.8 Å². The van der Waals surface area contributed by atoms with E-state index in [1.165, 1.54) is 18.4 Å². The number of rotatable bonds is 4. The highest BCUT2D eigenvalue weighted by Crippen LogP contribution is 2.25. The number of unbranched alkanes of at least 4 members (excludes halogenated alkanes) is 1. The van der Waals surface area contributed by atoms with E-state index in [9.17, 15) is 0 Å². The predicted octanol–water partition coefficient (Wildman–Crippen LogP) is 4.03. The van der Waals surface area contributed by atoms with Crippen LogP contribution in [0.15, 0.2) is 27.8 Å². The van der Waals surface area contributed by atoms with Crippen LogP contribution in [-0.4, -0.2) is 10.7 Å². The lowest BCUT2D eigenvalue weighted by molar-refractivity contribution is 0.489. The summed E-state index contributed by atoms with van der Waals surface area (Å²) in [4.78, 5) is 4.48. The third-order valence-electron chi connectivity index (χ3n) is 2.32. The molecule has 0 saturated heterocycles. The first-order valence-electron chi connectivity index (χ1n) is 5.30. The largest absolute Gasteiger partial charge is 0.431 e. The van der Waals surface area contributed by atoms with Crippen LogP contribution in [-0.2, 0) is 0 Å². The molecule has 0 amide bonds. The van der Waals surface area contributed by atoms with Gasteiger partial charge in [-0.1, -0.05) is 37.2 Å². The molecule has 1 aromatic carbocycles. The molecule has 1 aromatic heterocycles. The number of aryl methyl sites for hydroxylation is 1. The molecule has 0 aliphatic carbocycles. The maximum atomic E-state index is 5.65. The fraction of sp³-hybridized carbons (Fsp3) is 0.417. The number of aromatic nitrogens is 1. The van der Waals surface area contributed by atoms with Gasteiger partial charge in [-0.05, 0) is 25.0 Å². The zero-order valence-electron chi connectivity index (χ0n) is 9.12. The third-order valence-corrected chi connectivity index (χ3v) is 3.24. The Kier molecular flexibility index (Phi) is 3.31. The zero-order valence-corrected chi connectivity index (χ0v) is 9.93. The molecule has 2 rings (SSSR count). The van der Waals surface area contributed by atoms with E-state index in [2.05, 4.69) is 24.9 Å². The second kappa shape index (κ2) is 4.71. The normalized spacial score (nSPS) is 11.1. The van der Waals surface area contributed by atoms with Crippen molar-refractivity contribution in [1.82, 2.24) is 4.98 Å². The molecule has 0 unspecified atom stereocenters.